The molecule has 3 nitrogen and oxygen atoms in total. The number of nitrogens with two attached hydrogens (primary N) is 1. The first-order valence-corrected chi connectivity index (χ1v) is 7.51. The average molecular weight is 374 g/mol. The average Bonchev–Trinajstić information content (AvgIpc) is 2.37. The van der Waals surface area contributed by atoms with Crippen molar-refractivity contribution in [3.05, 3.63) is 45.6 Å². The number of halogens is 3. The van der Waals surface area contributed by atoms with E-state index in [4.69, 9.17) is 22.1 Å². The maximum Gasteiger partial charge on any atom is 0.144 e. The molecule has 0 unspecified atom stereocenters. The van der Waals surface area contributed by atoms with Gasteiger partial charge in [0, 0.05) is 16.2 Å². The summed E-state index contributed by atoms with van der Waals surface area (Å²) in [6, 6.07) is 7.91. The molecule has 6 heteroatoms. The molecular formula is C15H15BrClFN2O. The molecule has 0 aliphatic heterocycles. The third-order valence-electron chi connectivity index (χ3n) is 2.65. The predicted octanol–water partition coefficient (Wildman–Crippen LogP) is 5.35. The van der Waals surface area contributed by atoms with E-state index in [1.165, 1.54) is 12.1 Å². The van der Waals surface area contributed by atoms with E-state index in [0.29, 0.717) is 21.6 Å². The molecule has 0 atom stereocenters. The molecule has 0 bridgehead atoms. The molecule has 2 aromatic rings. The predicted molar refractivity (Wildman–Crippen MR) is 89.0 cm³/mol. The second-order valence-corrected chi connectivity index (χ2v) is 6.05. The summed E-state index contributed by atoms with van der Waals surface area (Å²) in [5.41, 5.74) is 7.75. The first kappa shape index (κ1) is 15.9. The summed E-state index contributed by atoms with van der Waals surface area (Å²) in [5.74, 6) is 0.183. The zero-order valence-electron chi connectivity index (χ0n) is 11.6. The Morgan fingerprint density at radius 3 is 2.62 bits per heavy atom. The number of rotatable bonds is 4. The Kier molecular flexibility index (Phi) is 4.96. The molecule has 0 aliphatic carbocycles. The van der Waals surface area contributed by atoms with Crippen molar-refractivity contribution in [2.24, 2.45) is 0 Å². The molecule has 2 rings (SSSR count). The Morgan fingerprint density at radius 2 is 2.00 bits per heavy atom. The van der Waals surface area contributed by atoms with Crippen LogP contribution < -0.4 is 15.8 Å². The van der Waals surface area contributed by atoms with Crippen LogP contribution in [-0.4, -0.2) is 6.10 Å². The number of anilines is 3. The molecule has 0 fully saturated rings. The number of nitrogens with one attached hydrogen (secondary N) is 1. The van der Waals surface area contributed by atoms with Gasteiger partial charge in [0.15, 0.2) is 0 Å². The van der Waals surface area contributed by atoms with E-state index in [9.17, 15) is 4.39 Å². The van der Waals surface area contributed by atoms with Crippen molar-refractivity contribution in [2.75, 3.05) is 11.1 Å². The molecule has 2 aromatic carbocycles. The summed E-state index contributed by atoms with van der Waals surface area (Å²) in [6.45, 7) is 3.85. The zero-order chi connectivity index (χ0) is 15.6. The topological polar surface area (TPSA) is 47.3 Å². The lowest BCUT2D eigenvalue weighted by Gasteiger charge is -2.15. The quantitative estimate of drug-likeness (QED) is 0.710. The van der Waals surface area contributed by atoms with E-state index in [2.05, 4.69) is 21.2 Å². The summed E-state index contributed by atoms with van der Waals surface area (Å²) in [5, 5.41) is 3.41. The fraction of sp³-hybridized carbons (Fsp3) is 0.200. The highest BCUT2D eigenvalue weighted by molar-refractivity contribution is 9.10. The van der Waals surface area contributed by atoms with Crippen molar-refractivity contribution in [3.63, 3.8) is 0 Å². The molecule has 0 aromatic heterocycles. The van der Waals surface area contributed by atoms with Crippen LogP contribution >= 0.6 is 27.5 Å². The maximum atomic E-state index is 13.2. The molecule has 112 valence electrons. The van der Waals surface area contributed by atoms with Crippen LogP contribution in [0.1, 0.15) is 13.8 Å². The van der Waals surface area contributed by atoms with Crippen LogP contribution in [0, 0.1) is 5.82 Å². The smallest absolute Gasteiger partial charge is 0.144 e. The first-order chi connectivity index (χ1) is 9.86. The van der Waals surface area contributed by atoms with E-state index < -0.39 is 5.82 Å². The number of nitrogen functional groups attached to an aromatic ring is 1. The molecule has 0 amide bonds. The molecule has 3 N–H and O–H groups in total. The van der Waals surface area contributed by atoms with Gasteiger partial charge >= 0.3 is 0 Å². The van der Waals surface area contributed by atoms with Gasteiger partial charge in [-0.1, -0.05) is 11.6 Å². The lowest BCUT2D eigenvalue weighted by atomic mass is 10.2. The van der Waals surface area contributed by atoms with Gasteiger partial charge in [-0.05, 0) is 54.0 Å². The highest BCUT2D eigenvalue weighted by atomic mass is 79.9. The first-order valence-electron chi connectivity index (χ1n) is 6.34. The minimum absolute atomic E-state index is 0.0173. The molecular weight excluding hydrogens is 359 g/mol. The fourth-order valence-electron chi connectivity index (χ4n) is 1.77. The lowest BCUT2D eigenvalue weighted by molar-refractivity contribution is 0.244. The van der Waals surface area contributed by atoms with E-state index in [-0.39, 0.29) is 11.1 Å². The van der Waals surface area contributed by atoms with Crippen LogP contribution in [0.3, 0.4) is 0 Å². The number of hydrogen-bond donors (Lipinski definition) is 2. The number of benzene rings is 2. The van der Waals surface area contributed by atoms with Gasteiger partial charge in [0.2, 0.25) is 0 Å². The number of hydrogen-bond acceptors (Lipinski definition) is 3. The third kappa shape index (κ3) is 4.02. The van der Waals surface area contributed by atoms with Gasteiger partial charge in [-0.3, -0.25) is 0 Å². The molecule has 0 radical (unpaired) electrons. The van der Waals surface area contributed by atoms with Crippen LogP contribution in [0.15, 0.2) is 34.8 Å². The largest absolute Gasteiger partial charge is 0.489 e. The molecule has 0 aliphatic rings. The standard InChI is InChI=1S/C15H15BrClFN2O/c1-8(2)21-14-7-10(3-4-13(14)19)20-15-11(16)5-9(18)6-12(15)17/h3-8,20H,19H2,1-2H3. The monoisotopic (exact) mass is 372 g/mol. The van der Waals surface area contributed by atoms with Crippen molar-refractivity contribution in [2.45, 2.75) is 20.0 Å². The molecule has 0 spiro atoms. The van der Waals surface area contributed by atoms with Crippen molar-refractivity contribution >= 4 is 44.6 Å². The van der Waals surface area contributed by atoms with Crippen LogP contribution in [0.2, 0.25) is 5.02 Å². The Hall–Kier alpha value is -1.46. The van der Waals surface area contributed by atoms with Crippen LogP contribution in [-0.2, 0) is 0 Å². The summed E-state index contributed by atoms with van der Waals surface area (Å²) in [6.07, 6.45) is 0.0173. The van der Waals surface area contributed by atoms with Crippen molar-refractivity contribution < 1.29 is 9.13 Å². The maximum absolute atomic E-state index is 13.2. The Bertz CT molecular complexity index is 641. The van der Waals surface area contributed by atoms with Crippen LogP contribution in [0.5, 0.6) is 5.75 Å². The summed E-state index contributed by atoms with van der Waals surface area (Å²) >= 11 is 9.34. The Labute approximate surface area is 136 Å². The van der Waals surface area contributed by atoms with E-state index in [1.54, 1.807) is 18.2 Å². The Balaban J connectivity index is 2.32. The highest BCUT2D eigenvalue weighted by Gasteiger charge is 2.10. The second kappa shape index (κ2) is 6.54. The summed E-state index contributed by atoms with van der Waals surface area (Å²) in [7, 11) is 0. The molecule has 0 saturated heterocycles. The molecule has 0 saturated carbocycles. The van der Waals surface area contributed by atoms with Crippen molar-refractivity contribution in [1.29, 1.82) is 0 Å². The third-order valence-corrected chi connectivity index (χ3v) is 3.58. The normalized spacial score (nSPS) is 10.8. The van der Waals surface area contributed by atoms with Gasteiger partial charge < -0.3 is 15.8 Å². The van der Waals surface area contributed by atoms with Gasteiger partial charge in [-0.15, -0.1) is 0 Å². The molecule has 0 heterocycles. The van der Waals surface area contributed by atoms with Crippen molar-refractivity contribution in [1.82, 2.24) is 0 Å². The molecule has 21 heavy (non-hydrogen) atoms. The second-order valence-electron chi connectivity index (χ2n) is 4.79. The van der Waals surface area contributed by atoms with Crippen LogP contribution in [0.25, 0.3) is 0 Å². The summed E-state index contributed by atoms with van der Waals surface area (Å²) < 4.78 is 19.4. The van der Waals surface area contributed by atoms with E-state index in [1.807, 2.05) is 13.8 Å². The number of ether oxygens (including phenoxy) is 1. The summed E-state index contributed by atoms with van der Waals surface area (Å²) in [4.78, 5) is 0. The van der Waals surface area contributed by atoms with Gasteiger partial charge in [0.1, 0.15) is 11.6 Å². The minimum atomic E-state index is -0.404. The Morgan fingerprint density at radius 1 is 1.29 bits per heavy atom. The van der Waals surface area contributed by atoms with E-state index in [0.717, 1.165) is 5.69 Å². The zero-order valence-corrected chi connectivity index (χ0v) is 13.9. The van der Waals surface area contributed by atoms with Gasteiger partial charge in [-0.2, -0.15) is 0 Å². The highest BCUT2D eigenvalue weighted by Crippen LogP contribution is 2.35. The van der Waals surface area contributed by atoms with Crippen molar-refractivity contribution in [3.8, 4) is 5.75 Å². The SMILES string of the molecule is CC(C)Oc1cc(Nc2c(Cl)cc(F)cc2Br)ccc1N. The minimum Gasteiger partial charge on any atom is -0.489 e. The van der Waals surface area contributed by atoms with E-state index >= 15 is 0 Å². The van der Waals surface area contributed by atoms with Gasteiger partial charge in [-0.25, -0.2) is 4.39 Å². The van der Waals surface area contributed by atoms with Gasteiger partial charge in [0.25, 0.3) is 0 Å². The van der Waals surface area contributed by atoms with Crippen LogP contribution in [0.4, 0.5) is 21.5 Å². The fourth-order valence-corrected chi connectivity index (χ4v) is 2.67. The van der Waals surface area contributed by atoms with Gasteiger partial charge in [0.05, 0.1) is 22.5 Å². The lowest BCUT2D eigenvalue weighted by Crippen LogP contribution is -2.07.